The van der Waals surface area contributed by atoms with Gasteiger partial charge < -0.3 is 10.6 Å². The van der Waals surface area contributed by atoms with E-state index in [1.54, 1.807) is 6.20 Å². The maximum atomic E-state index is 11.7. The highest BCUT2D eigenvalue weighted by atomic mass is 35.5. The van der Waals surface area contributed by atoms with Crippen LogP contribution in [0.3, 0.4) is 0 Å². The van der Waals surface area contributed by atoms with E-state index in [1.165, 1.54) is 0 Å². The molecule has 1 aromatic carbocycles. The first-order valence-electron chi connectivity index (χ1n) is 8.36. The van der Waals surface area contributed by atoms with Crippen LogP contribution in [0.2, 0.25) is 0 Å². The second-order valence-electron chi connectivity index (χ2n) is 5.84. The highest BCUT2D eigenvalue weighted by Gasteiger charge is 2.09. The molecule has 3 N–H and O–H groups in total. The van der Waals surface area contributed by atoms with Crippen molar-refractivity contribution in [2.45, 2.75) is 6.92 Å². The minimum atomic E-state index is -0.215. The zero-order chi connectivity index (χ0) is 17.9. The van der Waals surface area contributed by atoms with Crippen LogP contribution in [-0.2, 0) is 0 Å². The Morgan fingerprint density at radius 1 is 1.15 bits per heavy atom. The number of aromatic amines is 1. The summed E-state index contributed by atoms with van der Waals surface area (Å²) in [5, 5.41) is 12.4. The van der Waals surface area contributed by atoms with Crippen LogP contribution < -0.4 is 10.6 Å². The Kier molecular flexibility index (Phi) is 5.42. The van der Waals surface area contributed by atoms with Gasteiger partial charge in [-0.05, 0) is 36.8 Å². The molecule has 27 heavy (non-hydrogen) atoms. The number of amides is 2. The summed E-state index contributed by atoms with van der Waals surface area (Å²) in [7, 11) is 0. The first-order valence-corrected chi connectivity index (χ1v) is 8.36. The maximum Gasteiger partial charge on any atom is 0.319 e. The fourth-order valence-electron chi connectivity index (χ4n) is 2.87. The smallest absolute Gasteiger partial charge is 0.319 e. The van der Waals surface area contributed by atoms with Gasteiger partial charge in [0.2, 0.25) is 0 Å². The molecule has 8 heteroatoms. The van der Waals surface area contributed by atoms with Gasteiger partial charge in [-0.25, -0.2) is 9.78 Å². The normalized spacial score (nSPS) is 10.4. The van der Waals surface area contributed by atoms with E-state index in [4.69, 9.17) is 0 Å². The predicted molar refractivity (Wildman–Crippen MR) is 108 cm³/mol. The lowest BCUT2D eigenvalue weighted by Gasteiger charge is -2.08. The summed E-state index contributed by atoms with van der Waals surface area (Å²) < 4.78 is 2.02. The van der Waals surface area contributed by atoms with Crippen LogP contribution in [-0.4, -0.2) is 32.2 Å². The van der Waals surface area contributed by atoms with E-state index in [-0.39, 0.29) is 18.4 Å². The van der Waals surface area contributed by atoms with Crippen LogP contribution in [0, 0.1) is 0 Å². The second-order valence-corrected chi connectivity index (χ2v) is 5.84. The Bertz CT molecular complexity index is 1060. The van der Waals surface area contributed by atoms with Gasteiger partial charge in [0.25, 0.3) is 0 Å². The molecule has 0 aliphatic carbocycles. The minimum Gasteiger partial charge on any atom is -0.338 e. The molecule has 3 aromatic heterocycles. The maximum absolute atomic E-state index is 11.7. The molecule has 0 spiro atoms. The molecule has 0 saturated carbocycles. The van der Waals surface area contributed by atoms with Crippen molar-refractivity contribution in [2.24, 2.45) is 0 Å². The topological polar surface area (TPSA) is 87.1 Å². The largest absolute Gasteiger partial charge is 0.338 e. The van der Waals surface area contributed by atoms with Gasteiger partial charge in [-0.1, -0.05) is 12.1 Å². The summed E-state index contributed by atoms with van der Waals surface area (Å²) in [6.45, 7) is 2.46. The summed E-state index contributed by atoms with van der Waals surface area (Å²) in [6, 6.07) is 11.5. The van der Waals surface area contributed by atoms with E-state index < -0.39 is 0 Å². The van der Waals surface area contributed by atoms with Crippen LogP contribution in [0.25, 0.3) is 28.0 Å². The van der Waals surface area contributed by atoms with Crippen molar-refractivity contribution in [2.75, 3.05) is 11.9 Å². The quantitative estimate of drug-likeness (QED) is 0.499. The number of hydrogen-bond acceptors (Lipinski definition) is 3. The number of aromatic nitrogens is 4. The molecule has 0 atom stereocenters. The van der Waals surface area contributed by atoms with Crippen molar-refractivity contribution in [3.05, 3.63) is 61.2 Å². The standard InChI is InChI=1S/C19H18N6O.ClH/c1-2-20-19(26)24-16-5-3-4-14(8-16)17-12-21-18-9-13(6-7-25(17)18)15-10-22-23-11-15;/h3-12H,2H2,1H3,(H,22,23)(H2,20,24,26);1H. The fraction of sp³-hybridized carbons (Fsp3) is 0.105. The monoisotopic (exact) mass is 382 g/mol. The van der Waals surface area contributed by atoms with Gasteiger partial charge in [0.15, 0.2) is 0 Å². The number of carbonyl (C=O) groups is 1. The first-order chi connectivity index (χ1) is 12.7. The fourth-order valence-corrected chi connectivity index (χ4v) is 2.87. The van der Waals surface area contributed by atoms with E-state index in [0.717, 1.165) is 33.7 Å². The number of anilines is 1. The number of carbonyl (C=O) groups excluding carboxylic acids is 1. The van der Waals surface area contributed by atoms with Gasteiger partial charge in [0.1, 0.15) is 5.65 Å². The number of nitrogens with one attached hydrogen (secondary N) is 3. The van der Waals surface area contributed by atoms with Gasteiger partial charge in [0, 0.05) is 35.8 Å². The third kappa shape index (κ3) is 3.78. The van der Waals surface area contributed by atoms with E-state index in [9.17, 15) is 4.79 Å². The third-order valence-corrected chi connectivity index (χ3v) is 4.10. The number of pyridine rings is 1. The molecule has 138 valence electrons. The number of benzene rings is 1. The van der Waals surface area contributed by atoms with E-state index in [2.05, 4.69) is 25.8 Å². The minimum absolute atomic E-state index is 0. The van der Waals surface area contributed by atoms with Crippen molar-refractivity contribution >= 4 is 29.8 Å². The molecule has 0 saturated heterocycles. The van der Waals surface area contributed by atoms with Crippen molar-refractivity contribution in [1.29, 1.82) is 0 Å². The predicted octanol–water partition coefficient (Wildman–Crippen LogP) is 3.95. The lowest BCUT2D eigenvalue weighted by molar-refractivity contribution is 0.252. The van der Waals surface area contributed by atoms with Gasteiger partial charge in [-0.15, -0.1) is 12.4 Å². The molecule has 0 unspecified atom stereocenters. The van der Waals surface area contributed by atoms with E-state index in [1.807, 2.05) is 66.3 Å². The second kappa shape index (κ2) is 7.92. The summed E-state index contributed by atoms with van der Waals surface area (Å²) in [5.41, 5.74) is 5.58. The number of H-pyrrole nitrogens is 1. The summed E-state index contributed by atoms with van der Waals surface area (Å²) in [4.78, 5) is 16.2. The van der Waals surface area contributed by atoms with Crippen LogP contribution in [0.15, 0.2) is 61.2 Å². The first kappa shape index (κ1) is 18.5. The molecule has 2 amide bonds. The number of hydrogen-bond donors (Lipinski definition) is 3. The number of halogens is 1. The SMILES string of the molecule is CCNC(=O)Nc1cccc(-c2cnc3cc(-c4cn[nH]c4)ccn23)c1.Cl. The Labute approximate surface area is 162 Å². The lowest BCUT2D eigenvalue weighted by atomic mass is 10.1. The average Bonchev–Trinajstić information content (AvgIpc) is 3.31. The van der Waals surface area contributed by atoms with Gasteiger partial charge in [-0.2, -0.15) is 5.10 Å². The zero-order valence-corrected chi connectivity index (χ0v) is 15.5. The molecule has 4 aromatic rings. The Morgan fingerprint density at radius 2 is 2.04 bits per heavy atom. The zero-order valence-electron chi connectivity index (χ0n) is 14.6. The number of fused-ring (bicyclic) bond motifs is 1. The third-order valence-electron chi connectivity index (χ3n) is 4.10. The molecule has 0 radical (unpaired) electrons. The molecule has 0 aliphatic rings. The molecular formula is C19H19ClN6O. The highest BCUT2D eigenvalue weighted by molar-refractivity contribution is 5.90. The van der Waals surface area contributed by atoms with Crippen LogP contribution in [0.1, 0.15) is 6.92 Å². The molecule has 4 rings (SSSR count). The molecule has 0 aliphatic heterocycles. The summed E-state index contributed by atoms with van der Waals surface area (Å²) in [5.74, 6) is 0. The number of rotatable bonds is 4. The van der Waals surface area contributed by atoms with E-state index in [0.29, 0.717) is 6.54 Å². The molecule has 0 bridgehead atoms. The van der Waals surface area contributed by atoms with E-state index >= 15 is 0 Å². The number of nitrogens with zero attached hydrogens (tertiary/aromatic N) is 3. The summed E-state index contributed by atoms with van der Waals surface area (Å²) in [6.07, 6.45) is 7.46. The number of urea groups is 1. The van der Waals surface area contributed by atoms with Gasteiger partial charge >= 0.3 is 6.03 Å². The highest BCUT2D eigenvalue weighted by Crippen LogP contribution is 2.26. The average molecular weight is 383 g/mol. The van der Waals surface area contributed by atoms with Crippen molar-refractivity contribution < 1.29 is 4.79 Å². The Hall–Kier alpha value is -3.32. The molecular weight excluding hydrogens is 364 g/mol. The van der Waals surface area contributed by atoms with Crippen molar-refractivity contribution in [1.82, 2.24) is 24.9 Å². The van der Waals surface area contributed by atoms with Crippen LogP contribution >= 0.6 is 12.4 Å². The molecule has 0 fully saturated rings. The van der Waals surface area contributed by atoms with Gasteiger partial charge in [-0.3, -0.25) is 9.50 Å². The van der Waals surface area contributed by atoms with Crippen molar-refractivity contribution in [3.63, 3.8) is 0 Å². The Morgan fingerprint density at radius 3 is 2.81 bits per heavy atom. The molecule has 3 heterocycles. The lowest BCUT2D eigenvalue weighted by Crippen LogP contribution is -2.28. The van der Waals surface area contributed by atoms with Gasteiger partial charge in [0.05, 0.1) is 18.1 Å². The molecule has 7 nitrogen and oxygen atoms in total. The van der Waals surface area contributed by atoms with Crippen molar-refractivity contribution in [3.8, 4) is 22.4 Å². The van der Waals surface area contributed by atoms with Crippen LogP contribution in [0.4, 0.5) is 10.5 Å². The Balaban J connectivity index is 0.00000210. The van der Waals surface area contributed by atoms with Crippen LogP contribution in [0.5, 0.6) is 0 Å². The number of imidazole rings is 1. The summed E-state index contributed by atoms with van der Waals surface area (Å²) >= 11 is 0.